The van der Waals surface area contributed by atoms with Crippen LogP contribution >= 0.6 is 23.5 Å². The van der Waals surface area contributed by atoms with Crippen LogP contribution < -0.4 is 4.74 Å². The quantitative estimate of drug-likeness (QED) is 0.150. The molecule has 1 heterocycles. The number of benzene rings is 3. The Morgan fingerprint density at radius 2 is 1.69 bits per heavy atom. The molecular weight excluding hydrogens is 559 g/mol. The van der Waals surface area contributed by atoms with Crippen LogP contribution in [0.4, 0.5) is 22.0 Å². The summed E-state index contributed by atoms with van der Waals surface area (Å²) in [6, 6.07) is 14.9. The minimum atomic E-state index is -4.46. The fraction of sp³-hybridized carbons (Fsp3) is 0.179. The molecule has 0 radical (unpaired) electrons. The van der Waals surface area contributed by atoms with E-state index in [1.807, 2.05) is 6.07 Å². The number of furan rings is 1. The topological polar surface area (TPSA) is 59.7 Å². The second-order valence-electron chi connectivity index (χ2n) is 8.40. The summed E-state index contributed by atoms with van der Waals surface area (Å²) < 4.78 is 77.7. The van der Waals surface area contributed by atoms with Crippen LogP contribution in [0.3, 0.4) is 0 Å². The minimum absolute atomic E-state index is 0.208. The van der Waals surface area contributed by atoms with Gasteiger partial charge in [-0.25, -0.2) is 13.6 Å². The van der Waals surface area contributed by atoms with Gasteiger partial charge in [-0.05, 0) is 61.0 Å². The predicted octanol–water partition coefficient (Wildman–Crippen LogP) is 8.60. The molecule has 3 aromatic carbocycles. The Morgan fingerprint density at radius 3 is 2.33 bits per heavy atom. The zero-order chi connectivity index (χ0) is 28.2. The van der Waals surface area contributed by atoms with Gasteiger partial charge in [0.25, 0.3) is 0 Å². The van der Waals surface area contributed by atoms with E-state index in [0.29, 0.717) is 28.6 Å². The Kier molecular flexibility index (Phi) is 8.91. The normalized spacial score (nSPS) is 11.5. The molecule has 0 amide bonds. The Labute approximate surface area is 229 Å². The highest BCUT2D eigenvalue weighted by molar-refractivity contribution is 7.99. The number of ether oxygens (including phenoxy) is 1. The SMILES string of the molecule is Cc1cc(SCc2cc(-c3ccc(C(F)(F)F)cc3)oc2CSc2ccc(F)cc2F)ccc1OCC(=O)O. The standard InChI is InChI=1S/C28H21F5O4S2/c1-16-10-21(7-8-23(16)36-13-27(34)35)38-14-18-11-24(17-2-4-19(5-3-17)28(31,32)33)37-25(18)15-39-26-9-6-20(29)12-22(26)30/h2-12H,13-15H2,1H3,(H,34,35). The van der Waals surface area contributed by atoms with Crippen LogP contribution in [-0.4, -0.2) is 17.7 Å². The van der Waals surface area contributed by atoms with Gasteiger partial charge < -0.3 is 14.3 Å². The molecule has 0 saturated carbocycles. The highest BCUT2D eigenvalue weighted by atomic mass is 32.2. The summed E-state index contributed by atoms with van der Waals surface area (Å²) in [7, 11) is 0. The molecule has 0 aliphatic heterocycles. The first-order chi connectivity index (χ1) is 18.5. The summed E-state index contributed by atoms with van der Waals surface area (Å²) in [6.45, 7) is 1.34. The van der Waals surface area contributed by atoms with Gasteiger partial charge in [-0.1, -0.05) is 12.1 Å². The second-order valence-corrected chi connectivity index (χ2v) is 10.5. The lowest BCUT2D eigenvalue weighted by Crippen LogP contribution is -2.09. The summed E-state index contributed by atoms with van der Waals surface area (Å²) in [5.74, 6) is -0.513. The van der Waals surface area contributed by atoms with Gasteiger partial charge in [-0.3, -0.25) is 0 Å². The third-order valence-electron chi connectivity index (χ3n) is 5.54. The molecule has 4 aromatic rings. The van der Waals surface area contributed by atoms with Crippen LogP contribution in [0.15, 0.2) is 80.9 Å². The first-order valence-corrected chi connectivity index (χ1v) is 13.4. The molecule has 0 bridgehead atoms. The Morgan fingerprint density at radius 1 is 0.949 bits per heavy atom. The molecule has 0 saturated heterocycles. The van der Waals surface area contributed by atoms with Crippen molar-refractivity contribution in [1.82, 2.24) is 0 Å². The van der Waals surface area contributed by atoms with E-state index in [9.17, 15) is 26.7 Å². The zero-order valence-electron chi connectivity index (χ0n) is 20.4. The number of carbonyl (C=O) groups is 1. The van der Waals surface area contributed by atoms with Gasteiger partial charge >= 0.3 is 12.1 Å². The van der Waals surface area contributed by atoms with Crippen molar-refractivity contribution in [2.24, 2.45) is 0 Å². The number of alkyl halides is 3. The molecule has 0 aliphatic carbocycles. The number of hydrogen-bond donors (Lipinski definition) is 1. The number of aryl methyl sites for hydroxylation is 1. The lowest BCUT2D eigenvalue weighted by Gasteiger charge is -2.09. The minimum Gasteiger partial charge on any atom is -0.482 e. The van der Waals surface area contributed by atoms with E-state index < -0.39 is 36.0 Å². The fourth-order valence-corrected chi connectivity index (χ4v) is 5.47. The molecule has 39 heavy (non-hydrogen) atoms. The Bertz CT molecular complexity index is 1470. The van der Waals surface area contributed by atoms with Crippen molar-refractivity contribution in [3.8, 4) is 17.1 Å². The molecule has 0 atom stereocenters. The molecule has 4 rings (SSSR count). The molecule has 0 unspecified atom stereocenters. The summed E-state index contributed by atoms with van der Waals surface area (Å²) in [4.78, 5) is 11.9. The number of thioether (sulfide) groups is 2. The average Bonchev–Trinajstić information content (AvgIpc) is 3.29. The molecule has 4 nitrogen and oxygen atoms in total. The number of rotatable bonds is 10. The molecule has 0 fully saturated rings. The van der Waals surface area contributed by atoms with Crippen molar-refractivity contribution in [2.45, 2.75) is 34.4 Å². The van der Waals surface area contributed by atoms with E-state index >= 15 is 0 Å². The van der Waals surface area contributed by atoms with Gasteiger partial charge in [-0.2, -0.15) is 13.2 Å². The van der Waals surface area contributed by atoms with Gasteiger partial charge in [0.05, 0.1) is 11.3 Å². The molecule has 204 valence electrons. The molecular formula is C28H21F5O4S2. The van der Waals surface area contributed by atoms with Gasteiger partial charge in [0, 0.05) is 32.7 Å². The number of hydrogen-bond acceptors (Lipinski definition) is 5. The van der Waals surface area contributed by atoms with Crippen LogP contribution in [0, 0.1) is 18.6 Å². The van der Waals surface area contributed by atoms with Gasteiger partial charge in [-0.15, -0.1) is 23.5 Å². The summed E-state index contributed by atoms with van der Waals surface area (Å²) in [5.41, 5.74) is 1.19. The van der Waals surface area contributed by atoms with E-state index in [-0.39, 0.29) is 10.6 Å². The second kappa shape index (κ2) is 12.2. The number of aliphatic carboxylic acids is 1. The molecule has 11 heteroatoms. The maximum absolute atomic E-state index is 14.2. The van der Waals surface area contributed by atoms with Crippen molar-refractivity contribution in [2.75, 3.05) is 6.61 Å². The van der Waals surface area contributed by atoms with Crippen LogP contribution in [0.2, 0.25) is 0 Å². The molecule has 0 spiro atoms. The summed E-state index contributed by atoms with van der Waals surface area (Å²) in [6.07, 6.45) is -4.46. The molecule has 1 N–H and O–H groups in total. The Hall–Kier alpha value is -3.44. The summed E-state index contributed by atoms with van der Waals surface area (Å²) >= 11 is 2.58. The Balaban J connectivity index is 1.56. The van der Waals surface area contributed by atoms with E-state index in [2.05, 4.69) is 0 Å². The lowest BCUT2D eigenvalue weighted by molar-refractivity contribution is -0.139. The fourth-order valence-electron chi connectivity index (χ4n) is 3.59. The van der Waals surface area contributed by atoms with Crippen molar-refractivity contribution >= 4 is 29.5 Å². The first-order valence-electron chi connectivity index (χ1n) is 11.4. The van der Waals surface area contributed by atoms with Crippen LogP contribution in [0.1, 0.15) is 22.5 Å². The van der Waals surface area contributed by atoms with E-state index in [0.717, 1.165) is 52.0 Å². The van der Waals surface area contributed by atoms with E-state index in [1.54, 1.807) is 25.1 Å². The van der Waals surface area contributed by atoms with Crippen molar-refractivity contribution in [3.63, 3.8) is 0 Å². The number of halogens is 5. The zero-order valence-corrected chi connectivity index (χ0v) is 22.0. The smallest absolute Gasteiger partial charge is 0.416 e. The number of carboxylic acids is 1. The highest BCUT2D eigenvalue weighted by Crippen LogP contribution is 2.37. The van der Waals surface area contributed by atoms with E-state index in [4.69, 9.17) is 14.3 Å². The van der Waals surface area contributed by atoms with Crippen LogP contribution in [-0.2, 0) is 22.5 Å². The van der Waals surface area contributed by atoms with Gasteiger partial charge in [0.15, 0.2) is 6.61 Å². The number of carboxylic acid groups (broad SMARTS) is 1. The van der Waals surface area contributed by atoms with E-state index in [1.165, 1.54) is 30.0 Å². The maximum Gasteiger partial charge on any atom is 0.416 e. The average molecular weight is 581 g/mol. The molecule has 1 aromatic heterocycles. The maximum atomic E-state index is 14.2. The van der Waals surface area contributed by atoms with Crippen LogP contribution in [0.25, 0.3) is 11.3 Å². The monoisotopic (exact) mass is 580 g/mol. The molecule has 0 aliphatic rings. The van der Waals surface area contributed by atoms with Crippen molar-refractivity contribution < 1.29 is 41.0 Å². The van der Waals surface area contributed by atoms with Crippen LogP contribution in [0.5, 0.6) is 5.75 Å². The largest absolute Gasteiger partial charge is 0.482 e. The third-order valence-corrected chi connectivity index (χ3v) is 7.63. The van der Waals surface area contributed by atoms with Gasteiger partial charge in [0.1, 0.15) is 28.9 Å². The first kappa shape index (κ1) is 28.6. The highest BCUT2D eigenvalue weighted by Gasteiger charge is 2.30. The van der Waals surface area contributed by atoms with Crippen molar-refractivity contribution in [3.05, 3.63) is 101 Å². The third kappa shape index (κ3) is 7.57. The lowest BCUT2D eigenvalue weighted by atomic mass is 10.1. The van der Waals surface area contributed by atoms with Crippen molar-refractivity contribution in [1.29, 1.82) is 0 Å². The predicted molar refractivity (Wildman–Crippen MR) is 139 cm³/mol. The van der Waals surface area contributed by atoms with Gasteiger partial charge in [0.2, 0.25) is 0 Å². The summed E-state index contributed by atoms with van der Waals surface area (Å²) in [5, 5.41) is 8.81.